The molecule has 0 aromatic heterocycles. The van der Waals surface area contributed by atoms with E-state index >= 15 is 0 Å². The van der Waals surface area contributed by atoms with Crippen LogP contribution >= 0.6 is 0 Å². The third-order valence-corrected chi connectivity index (χ3v) is 8.11. The average Bonchev–Trinajstić information content (AvgIpc) is 2.30. The van der Waals surface area contributed by atoms with Gasteiger partial charge in [-0.2, -0.15) is 0 Å². The molecule has 86 valence electrons. The van der Waals surface area contributed by atoms with Crippen molar-refractivity contribution >= 4 is 13.3 Å². The molecule has 1 aromatic rings. The quantitative estimate of drug-likeness (QED) is 0.533. The molecule has 0 nitrogen and oxygen atoms in total. The van der Waals surface area contributed by atoms with Gasteiger partial charge >= 0.3 is 0 Å². The summed E-state index contributed by atoms with van der Waals surface area (Å²) < 4.78 is 0. The standard InChI is InChI=1S/C15H22Si/c1-13-8-7-11-15(12-13)16(2,3)14-9-5-4-6-10-14/h4-7,9-11,13,15H,8,12H2,1-3H3/t13-,15+/m0/s1. The molecule has 0 unspecified atom stereocenters. The van der Waals surface area contributed by atoms with Gasteiger partial charge in [0.15, 0.2) is 0 Å². The van der Waals surface area contributed by atoms with E-state index in [0.29, 0.717) is 0 Å². The highest BCUT2D eigenvalue weighted by Gasteiger charge is 2.33. The van der Waals surface area contributed by atoms with Crippen LogP contribution in [0.15, 0.2) is 42.5 Å². The fourth-order valence-electron chi connectivity index (χ4n) is 2.70. The maximum absolute atomic E-state index is 2.51. The van der Waals surface area contributed by atoms with Gasteiger partial charge in [-0.3, -0.25) is 0 Å². The van der Waals surface area contributed by atoms with Crippen LogP contribution in [0.5, 0.6) is 0 Å². The topological polar surface area (TPSA) is 0 Å². The minimum absolute atomic E-state index is 0.818. The Morgan fingerprint density at radius 1 is 1.12 bits per heavy atom. The molecule has 0 heterocycles. The van der Waals surface area contributed by atoms with E-state index in [1.54, 1.807) is 5.19 Å². The molecule has 16 heavy (non-hydrogen) atoms. The lowest BCUT2D eigenvalue weighted by Crippen LogP contribution is -2.46. The van der Waals surface area contributed by atoms with Crippen molar-refractivity contribution in [1.82, 2.24) is 0 Å². The Bertz CT molecular complexity index is 364. The third-order valence-electron chi connectivity index (χ3n) is 4.01. The lowest BCUT2D eigenvalue weighted by Gasteiger charge is -2.35. The van der Waals surface area contributed by atoms with Gasteiger partial charge < -0.3 is 0 Å². The zero-order chi connectivity index (χ0) is 11.6. The van der Waals surface area contributed by atoms with Crippen molar-refractivity contribution in [2.24, 2.45) is 5.92 Å². The van der Waals surface area contributed by atoms with Crippen LogP contribution < -0.4 is 5.19 Å². The first-order valence-corrected chi connectivity index (χ1v) is 9.40. The molecule has 1 aliphatic carbocycles. The lowest BCUT2D eigenvalue weighted by atomic mass is 9.96. The molecule has 0 amide bonds. The number of hydrogen-bond donors (Lipinski definition) is 0. The van der Waals surface area contributed by atoms with E-state index in [-0.39, 0.29) is 0 Å². The molecule has 0 N–H and O–H groups in total. The van der Waals surface area contributed by atoms with Gasteiger partial charge in [0.1, 0.15) is 0 Å². The van der Waals surface area contributed by atoms with Crippen molar-refractivity contribution in [3.05, 3.63) is 42.5 Å². The molecular formula is C15H22Si. The summed E-state index contributed by atoms with van der Waals surface area (Å²) in [6, 6.07) is 11.1. The first kappa shape index (κ1) is 11.7. The number of rotatable bonds is 2. The van der Waals surface area contributed by atoms with E-state index < -0.39 is 8.07 Å². The first-order chi connectivity index (χ1) is 7.60. The minimum Gasteiger partial charge on any atom is -0.0883 e. The van der Waals surface area contributed by atoms with Gasteiger partial charge in [-0.15, -0.1) is 0 Å². The Morgan fingerprint density at radius 2 is 1.81 bits per heavy atom. The highest BCUT2D eigenvalue weighted by atomic mass is 28.3. The maximum atomic E-state index is 2.51. The van der Waals surface area contributed by atoms with Crippen LogP contribution in [-0.2, 0) is 0 Å². The molecule has 2 atom stereocenters. The average molecular weight is 230 g/mol. The van der Waals surface area contributed by atoms with Crippen LogP contribution in [0.4, 0.5) is 0 Å². The van der Waals surface area contributed by atoms with Crippen LogP contribution in [-0.4, -0.2) is 8.07 Å². The fourth-order valence-corrected chi connectivity index (χ4v) is 5.79. The predicted octanol–water partition coefficient (Wildman–Crippen LogP) is 3.96. The molecule has 0 spiro atoms. The van der Waals surface area contributed by atoms with Gasteiger partial charge in [0, 0.05) is 0 Å². The van der Waals surface area contributed by atoms with Crippen molar-refractivity contribution < 1.29 is 0 Å². The molecule has 1 aliphatic rings. The summed E-state index contributed by atoms with van der Waals surface area (Å²) in [5.74, 6) is 0.866. The molecule has 0 radical (unpaired) electrons. The molecule has 0 fully saturated rings. The van der Waals surface area contributed by atoms with Crippen LogP contribution in [0.3, 0.4) is 0 Å². The molecule has 0 aliphatic heterocycles. The summed E-state index contributed by atoms with van der Waals surface area (Å²) in [4.78, 5) is 0. The van der Waals surface area contributed by atoms with Gasteiger partial charge in [0.25, 0.3) is 0 Å². The normalized spacial score (nSPS) is 25.7. The van der Waals surface area contributed by atoms with Gasteiger partial charge in [-0.1, -0.05) is 67.7 Å². The Hall–Kier alpha value is -0.823. The summed E-state index contributed by atoms with van der Waals surface area (Å²) in [5.41, 5.74) is 0.818. The van der Waals surface area contributed by atoms with Crippen LogP contribution in [0.1, 0.15) is 19.8 Å². The van der Waals surface area contributed by atoms with E-state index in [1.165, 1.54) is 12.8 Å². The van der Waals surface area contributed by atoms with E-state index in [0.717, 1.165) is 11.5 Å². The van der Waals surface area contributed by atoms with Crippen molar-refractivity contribution in [2.75, 3.05) is 0 Å². The fraction of sp³-hybridized carbons (Fsp3) is 0.467. The van der Waals surface area contributed by atoms with Crippen LogP contribution in [0.25, 0.3) is 0 Å². The summed E-state index contributed by atoms with van der Waals surface area (Å²) >= 11 is 0. The zero-order valence-corrected chi connectivity index (χ0v) is 11.6. The number of allylic oxidation sites excluding steroid dienone is 2. The monoisotopic (exact) mass is 230 g/mol. The minimum atomic E-state index is -1.31. The van der Waals surface area contributed by atoms with E-state index in [9.17, 15) is 0 Å². The largest absolute Gasteiger partial charge is 0.0883 e. The molecule has 2 rings (SSSR count). The number of benzene rings is 1. The Morgan fingerprint density at radius 3 is 2.44 bits per heavy atom. The first-order valence-electron chi connectivity index (χ1n) is 6.33. The van der Waals surface area contributed by atoms with E-state index in [4.69, 9.17) is 0 Å². The maximum Gasteiger partial charge on any atom is 0.0873 e. The van der Waals surface area contributed by atoms with E-state index in [1.807, 2.05) is 0 Å². The summed E-state index contributed by atoms with van der Waals surface area (Å²) in [5, 5.41) is 1.60. The van der Waals surface area contributed by atoms with Crippen molar-refractivity contribution in [3.63, 3.8) is 0 Å². The highest BCUT2D eigenvalue weighted by molar-refractivity contribution is 6.91. The molecule has 0 saturated carbocycles. The Balaban J connectivity index is 2.25. The van der Waals surface area contributed by atoms with Gasteiger partial charge in [-0.25, -0.2) is 0 Å². The van der Waals surface area contributed by atoms with Crippen molar-refractivity contribution in [2.45, 2.75) is 38.4 Å². The molecule has 1 heteroatoms. The van der Waals surface area contributed by atoms with Gasteiger partial charge in [0.2, 0.25) is 0 Å². The summed E-state index contributed by atoms with van der Waals surface area (Å²) in [6.45, 7) is 7.40. The van der Waals surface area contributed by atoms with Gasteiger partial charge in [-0.05, 0) is 24.3 Å². The Labute approximate surface area is 100 Å². The lowest BCUT2D eigenvalue weighted by molar-refractivity contribution is 0.521. The Kier molecular flexibility index (Phi) is 3.34. The summed E-state index contributed by atoms with van der Waals surface area (Å²) in [7, 11) is -1.31. The second-order valence-electron chi connectivity index (χ2n) is 5.70. The smallest absolute Gasteiger partial charge is 0.0873 e. The molecule has 0 saturated heterocycles. The van der Waals surface area contributed by atoms with Crippen LogP contribution in [0, 0.1) is 5.92 Å². The third kappa shape index (κ3) is 2.30. The predicted molar refractivity (Wildman–Crippen MR) is 74.8 cm³/mol. The van der Waals surface area contributed by atoms with Crippen molar-refractivity contribution in [3.8, 4) is 0 Å². The van der Waals surface area contributed by atoms with Crippen molar-refractivity contribution in [1.29, 1.82) is 0 Å². The highest BCUT2D eigenvalue weighted by Crippen LogP contribution is 2.35. The number of hydrogen-bond acceptors (Lipinski definition) is 0. The molecule has 0 bridgehead atoms. The van der Waals surface area contributed by atoms with Crippen LogP contribution in [0.2, 0.25) is 18.6 Å². The second kappa shape index (κ2) is 4.58. The molecular weight excluding hydrogens is 208 g/mol. The SMILES string of the molecule is C[C@H]1CC=C[C@@H]([Si](C)(C)c2ccccc2)C1. The van der Waals surface area contributed by atoms with E-state index in [2.05, 4.69) is 62.5 Å². The second-order valence-corrected chi connectivity index (χ2v) is 10.5. The molecule has 1 aromatic carbocycles. The zero-order valence-electron chi connectivity index (χ0n) is 10.6. The summed E-state index contributed by atoms with van der Waals surface area (Å²) in [6.07, 6.45) is 7.54. The van der Waals surface area contributed by atoms with Gasteiger partial charge in [0.05, 0.1) is 8.07 Å².